The number of esters is 3. The number of carbonyl (C=O) groups excluding carboxylic acids is 3. The molecule has 0 aromatic rings. The van der Waals surface area contributed by atoms with Gasteiger partial charge in [-0.2, -0.15) is 0 Å². The molecule has 0 aromatic heterocycles. The molecular formula is C50H90O6. The molecule has 0 spiro atoms. The van der Waals surface area contributed by atoms with Gasteiger partial charge in [-0.15, -0.1) is 0 Å². The van der Waals surface area contributed by atoms with Crippen molar-refractivity contribution in [3.63, 3.8) is 0 Å². The van der Waals surface area contributed by atoms with Crippen LogP contribution in [0, 0.1) is 0 Å². The number of unbranched alkanes of at least 4 members (excludes halogenated alkanes) is 26. The van der Waals surface area contributed by atoms with Crippen LogP contribution in [0.25, 0.3) is 0 Å². The van der Waals surface area contributed by atoms with Crippen LogP contribution in [0.5, 0.6) is 0 Å². The van der Waals surface area contributed by atoms with Crippen LogP contribution in [-0.2, 0) is 28.6 Å². The normalized spacial score (nSPS) is 12.3. The van der Waals surface area contributed by atoms with E-state index in [0.717, 1.165) is 70.6 Å². The summed E-state index contributed by atoms with van der Waals surface area (Å²) in [6.07, 6.45) is 51.4. The van der Waals surface area contributed by atoms with E-state index in [9.17, 15) is 14.4 Å². The molecule has 0 saturated heterocycles. The smallest absolute Gasteiger partial charge is 0.306 e. The lowest BCUT2D eigenvalue weighted by molar-refractivity contribution is -0.167. The van der Waals surface area contributed by atoms with E-state index in [-0.39, 0.29) is 31.1 Å². The average molecular weight is 787 g/mol. The van der Waals surface area contributed by atoms with Gasteiger partial charge in [0.15, 0.2) is 6.10 Å². The lowest BCUT2D eigenvalue weighted by atomic mass is 10.0. The Kier molecular flexibility index (Phi) is 43.4. The Hall–Kier alpha value is -2.37. The molecule has 0 aliphatic rings. The highest BCUT2D eigenvalue weighted by Crippen LogP contribution is 2.15. The minimum absolute atomic E-state index is 0.0823. The molecular weight excluding hydrogens is 697 g/mol. The monoisotopic (exact) mass is 787 g/mol. The number of hydrogen-bond acceptors (Lipinski definition) is 6. The van der Waals surface area contributed by atoms with Crippen molar-refractivity contribution < 1.29 is 28.6 Å². The molecule has 0 bridgehead atoms. The van der Waals surface area contributed by atoms with Crippen molar-refractivity contribution in [1.29, 1.82) is 0 Å². The molecule has 1 unspecified atom stereocenters. The molecule has 0 aliphatic carbocycles. The van der Waals surface area contributed by atoms with Gasteiger partial charge in [0.1, 0.15) is 13.2 Å². The van der Waals surface area contributed by atoms with Crippen LogP contribution < -0.4 is 0 Å². The molecule has 326 valence electrons. The van der Waals surface area contributed by atoms with Crippen molar-refractivity contribution in [1.82, 2.24) is 0 Å². The summed E-state index contributed by atoms with van der Waals surface area (Å²) < 4.78 is 16.7. The zero-order valence-corrected chi connectivity index (χ0v) is 37.2. The first kappa shape index (κ1) is 53.6. The van der Waals surface area contributed by atoms with Gasteiger partial charge in [-0.3, -0.25) is 14.4 Å². The second kappa shape index (κ2) is 45.3. The van der Waals surface area contributed by atoms with Gasteiger partial charge in [0, 0.05) is 19.3 Å². The van der Waals surface area contributed by atoms with Gasteiger partial charge in [-0.05, 0) is 70.6 Å². The van der Waals surface area contributed by atoms with Crippen molar-refractivity contribution >= 4 is 17.9 Å². The summed E-state index contributed by atoms with van der Waals surface area (Å²) in [4.78, 5) is 37.7. The van der Waals surface area contributed by atoms with Crippen molar-refractivity contribution in [3.8, 4) is 0 Å². The molecule has 0 aromatic carbocycles. The summed E-state index contributed by atoms with van der Waals surface area (Å²) in [5, 5.41) is 0. The van der Waals surface area contributed by atoms with Gasteiger partial charge >= 0.3 is 17.9 Å². The summed E-state index contributed by atoms with van der Waals surface area (Å²) in [6.45, 7) is 6.47. The van der Waals surface area contributed by atoms with E-state index in [0.29, 0.717) is 19.3 Å². The zero-order valence-electron chi connectivity index (χ0n) is 37.2. The number of carbonyl (C=O) groups is 3. The topological polar surface area (TPSA) is 78.9 Å². The first-order valence-electron chi connectivity index (χ1n) is 24.0. The third-order valence-electron chi connectivity index (χ3n) is 10.4. The molecule has 6 heteroatoms. The van der Waals surface area contributed by atoms with Crippen molar-refractivity contribution in [2.24, 2.45) is 0 Å². The second-order valence-corrected chi connectivity index (χ2v) is 16.0. The summed E-state index contributed by atoms with van der Waals surface area (Å²) in [6, 6.07) is 0. The quantitative estimate of drug-likeness (QED) is 0.0265. The number of rotatable bonds is 43. The van der Waals surface area contributed by atoms with Crippen LogP contribution in [-0.4, -0.2) is 37.2 Å². The molecule has 0 aliphatic heterocycles. The zero-order chi connectivity index (χ0) is 40.8. The van der Waals surface area contributed by atoms with E-state index < -0.39 is 6.10 Å². The largest absolute Gasteiger partial charge is 0.462 e. The van der Waals surface area contributed by atoms with Crippen molar-refractivity contribution in [2.75, 3.05) is 13.2 Å². The molecule has 0 radical (unpaired) electrons. The Labute approximate surface area is 346 Å². The predicted octanol–water partition coefficient (Wildman–Crippen LogP) is 15.4. The summed E-state index contributed by atoms with van der Waals surface area (Å²) in [7, 11) is 0. The highest BCUT2D eigenvalue weighted by molar-refractivity contribution is 5.71. The molecule has 0 N–H and O–H groups in total. The van der Waals surface area contributed by atoms with Crippen LogP contribution in [0.4, 0.5) is 0 Å². The average Bonchev–Trinajstić information content (AvgIpc) is 3.19. The first-order valence-corrected chi connectivity index (χ1v) is 24.0. The van der Waals surface area contributed by atoms with Crippen LogP contribution in [0.2, 0.25) is 0 Å². The van der Waals surface area contributed by atoms with Gasteiger partial charge < -0.3 is 14.2 Å². The Morgan fingerprint density at radius 1 is 0.375 bits per heavy atom. The molecule has 0 rings (SSSR count). The molecule has 0 amide bonds. The minimum atomic E-state index is -0.781. The highest BCUT2D eigenvalue weighted by Gasteiger charge is 2.19. The van der Waals surface area contributed by atoms with Crippen LogP contribution in [0.15, 0.2) is 36.5 Å². The Balaban J connectivity index is 4.34. The number of ether oxygens (including phenoxy) is 3. The summed E-state index contributed by atoms with van der Waals surface area (Å²) >= 11 is 0. The molecule has 0 fully saturated rings. The lowest BCUT2D eigenvalue weighted by Crippen LogP contribution is -2.30. The van der Waals surface area contributed by atoms with Crippen molar-refractivity contribution in [3.05, 3.63) is 36.5 Å². The van der Waals surface area contributed by atoms with E-state index in [4.69, 9.17) is 14.2 Å². The molecule has 1 atom stereocenters. The fourth-order valence-electron chi connectivity index (χ4n) is 6.77. The van der Waals surface area contributed by atoms with Crippen LogP contribution in [0.3, 0.4) is 0 Å². The van der Waals surface area contributed by atoms with E-state index >= 15 is 0 Å². The van der Waals surface area contributed by atoms with E-state index in [1.807, 2.05) is 0 Å². The maximum atomic E-state index is 12.7. The van der Waals surface area contributed by atoms with Gasteiger partial charge in [0.25, 0.3) is 0 Å². The maximum absolute atomic E-state index is 12.7. The van der Waals surface area contributed by atoms with E-state index in [1.165, 1.54) is 135 Å². The second-order valence-electron chi connectivity index (χ2n) is 16.0. The van der Waals surface area contributed by atoms with Gasteiger partial charge in [-0.25, -0.2) is 0 Å². The van der Waals surface area contributed by atoms with E-state index in [2.05, 4.69) is 57.2 Å². The SMILES string of the molecule is CC/C=C\C/C=C\CCCCC(=O)OCC(COC(=O)CCCCCCCCC/C=C\CCCCCC)OC(=O)CCCCCCCCCCCCCCCC. The highest BCUT2D eigenvalue weighted by atomic mass is 16.6. The third-order valence-corrected chi connectivity index (χ3v) is 10.4. The molecule has 56 heavy (non-hydrogen) atoms. The Morgan fingerprint density at radius 3 is 1.14 bits per heavy atom. The van der Waals surface area contributed by atoms with E-state index in [1.54, 1.807) is 0 Å². The van der Waals surface area contributed by atoms with Gasteiger partial charge in [0.05, 0.1) is 0 Å². The van der Waals surface area contributed by atoms with Crippen LogP contribution >= 0.6 is 0 Å². The first-order chi connectivity index (χ1) is 27.5. The fraction of sp³-hybridized carbons (Fsp3) is 0.820. The summed E-state index contributed by atoms with van der Waals surface area (Å²) in [5.74, 6) is -0.919. The number of hydrogen-bond donors (Lipinski definition) is 0. The van der Waals surface area contributed by atoms with Gasteiger partial charge in [-0.1, -0.05) is 192 Å². The lowest BCUT2D eigenvalue weighted by Gasteiger charge is -2.18. The number of allylic oxidation sites excluding steroid dienone is 6. The van der Waals surface area contributed by atoms with Crippen LogP contribution in [0.1, 0.15) is 245 Å². The minimum Gasteiger partial charge on any atom is -0.462 e. The Bertz CT molecular complexity index is 953. The summed E-state index contributed by atoms with van der Waals surface area (Å²) in [5.41, 5.74) is 0. The molecule has 0 saturated carbocycles. The van der Waals surface area contributed by atoms with Gasteiger partial charge in [0.2, 0.25) is 0 Å². The Morgan fingerprint density at radius 2 is 0.696 bits per heavy atom. The molecule has 0 heterocycles. The third kappa shape index (κ3) is 42.8. The predicted molar refractivity (Wildman–Crippen MR) is 238 cm³/mol. The molecule has 6 nitrogen and oxygen atoms in total. The van der Waals surface area contributed by atoms with Crippen molar-refractivity contribution in [2.45, 2.75) is 252 Å². The maximum Gasteiger partial charge on any atom is 0.306 e. The fourth-order valence-corrected chi connectivity index (χ4v) is 6.77. The standard InChI is InChI=1S/C50H90O6/c1-4-7-10-13-16-19-21-23-25-27-28-31-34-37-40-43-49(52)55-46-47(45-54-48(51)42-39-36-33-30-18-15-12-9-6-3)56-50(53)44-41-38-35-32-29-26-24-22-20-17-14-11-8-5-2/h9,12,18-19,21,30,47H,4-8,10-11,13-17,20,22-29,31-46H2,1-3H3/b12-9-,21-19-,30-18-.